The van der Waals surface area contributed by atoms with Crippen molar-refractivity contribution in [1.29, 1.82) is 0 Å². The van der Waals surface area contributed by atoms with Crippen LogP contribution in [0.3, 0.4) is 0 Å². The predicted octanol–water partition coefficient (Wildman–Crippen LogP) is 3.05. The topological polar surface area (TPSA) is 68.0 Å². The van der Waals surface area contributed by atoms with E-state index in [-0.39, 0.29) is 5.75 Å². The largest absolute Gasteiger partial charge is 0.481 e. The van der Waals surface area contributed by atoms with Gasteiger partial charge in [-0.1, -0.05) is 30.0 Å². The lowest BCUT2D eigenvalue weighted by molar-refractivity contribution is -0.133. The molecule has 5 nitrogen and oxygen atoms in total. The number of carboxylic acids is 1. The summed E-state index contributed by atoms with van der Waals surface area (Å²) >= 11 is 3.49. The highest BCUT2D eigenvalue weighted by Gasteiger charge is 2.16. The van der Waals surface area contributed by atoms with Gasteiger partial charge in [0.25, 0.3) is 0 Å². The van der Waals surface area contributed by atoms with Crippen LogP contribution in [0.2, 0.25) is 0 Å². The molecule has 0 radical (unpaired) electrons. The summed E-state index contributed by atoms with van der Waals surface area (Å²) in [5.74, 6) is -0.0795. The third kappa shape index (κ3) is 3.14. The zero-order valence-corrected chi connectivity index (χ0v) is 14.1. The highest BCUT2D eigenvalue weighted by Crippen LogP contribution is 2.29. The number of rotatable bonds is 5. The average Bonchev–Trinajstić information content (AvgIpc) is 2.82. The Balaban J connectivity index is 2.42. The molecule has 0 bridgehead atoms. The Morgan fingerprint density at radius 1 is 1.45 bits per heavy atom. The van der Waals surface area contributed by atoms with Gasteiger partial charge in [0.1, 0.15) is 0 Å². The van der Waals surface area contributed by atoms with Gasteiger partial charge in [-0.15, -0.1) is 10.2 Å². The van der Waals surface area contributed by atoms with Crippen LogP contribution in [-0.4, -0.2) is 31.6 Å². The van der Waals surface area contributed by atoms with Gasteiger partial charge in [0.2, 0.25) is 0 Å². The third-order valence-electron chi connectivity index (χ3n) is 2.79. The summed E-state index contributed by atoms with van der Waals surface area (Å²) in [6.07, 6.45) is 0. The molecule has 2 aromatic rings. The minimum Gasteiger partial charge on any atom is -0.481 e. The number of benzene rings is 1. The van der Waals surface area contributed by atoms with Crippen LogP contribution in [0.1, 0.15) is 12.5 Å². The average molecular weight is 403 g/mol. The minimum absolute atomic E-state index is 0.0109. The van der Waals surface area contributed by atoms with E-state index in [4.69, 9.17) is 5.11 Å². The molecular weight excluding hydrogens is 389 g/mol. The first-order valence-electron chi connectivity index (χ1n) is 6.07. The normalized spacial score (nSPS) is 10.8. The molecule has 0 unspecified atom stereocenters. The van der Waals surface area contributed by atoms with E-state index >= 15 is 0 Å². The van der Waals surface area contributed by atoms with Gasteiger partial charge in [-0.05, 0) is 42.0 Å². The van der Waals surface area contributed by atoms with E-state index in [1.165, 1.54) is 17.3 Å². The molecule has 1 N–H and O–H groups in total. The molecule has 7 heteroatoms. The van der Waals surface area contributed by atoms with E-state index in [0.29, 0.717) is 11.7 Å². The maximum atomic E-state index is 10.7. The fourth-order valence-corrected chi connectivity index (χ4v) is 3.15. The number of carboxylic acid groups (broad SMARTS) is 1. The van der Waals surface area contributed by atoms with E-state index in [9.17, 15) is 4.79 Å². The first kappa shape index (κ1) is 15.3. The molecule has 0 saturated carbocycles. The van der Waals surface area contributed by atoms with Crippen molar-refractivity contribution in [3.63, 3.8) is 0 Å². The third-order valence-corrected chi connectivity index (χ3v) is 5.17. The van der Waals surface area contributed by atoms with Gasteiger partial charge >= 0.3 is 5.97 Å². The Morgan fingerprint density at radius 3 is 2.85 bits per heavy atom. The van der Waals surface area contributed by atoms with E-state index in [1.54, 1.807) is 0 Å². The highest BCUT2D eigenvalue weighted by atomic mass is 127. The maximum Gasteiger partial charge on any atom is 0.313 e. The predicted molar refractivity (Wildman–Crippen MR) is 86.9 cm³/mol. The summed E-state index contributed by atoms with van der Waals surface area (Å²) in [5.41, 5.74) is 2.22. The number of aromatic nitrogens is 3. The molecule has 0 aliphatic heterocycles. The molecule has 0 atom stereocenters. The van der Waals surface area contributed by atoms with Gasteiger partial charge in [0, 0.05) is 15.7 Å². The van der Waals surface area contributed by atoms with Crippen molar-refractivity contribution < 1.29 is 9.90 Å². The molecule has 2 rings (SSSR count). The van der Waals surface area contributed by atoms with E-state index in [1.807, 2.05) is 23.6 Å². The fraction of sp³-hybridized carbons (Fsp3) is 0.308. The number of carbonyl (C=O) groups is 1. The number of aryl methyl sites for hydroxylation is 1. The van der Waals surface area contributed by atoms with Gasteiger partial charge in [-0.25, -0.2) is 0 Å². The zero-order chi connectivity index (χ0) is 14.7. The summed E-state index contributed by atoms with van der Waals surface area (Å²) in [6, 6.07) is 6.06. The van der Waals surface area contributed by atoms with Gasteiger partial charge in [0.15, 0.2) is 11.0 Å². The number of halogens is 1. The number of aliphatic carboxylic acids is 1. The summed E-state index contributed by atoms with van der Waals surface area (Å²) in [5, 5.41) is 17.8. The Bertz CT molecular complexity index is 643. The highest BCUT2D eigenvalue weighted by molar-refractivity contribution is 14.1. The van der Waals surface area contributed by atoms with Crippen molar-refractivity contribution in [2.45, 2.75) is 25.5 Å². The maximum absolute atomic E-state index is 10.7. The van der Waals surface area contributed by atoms with Crippen LogP contribution >= 0.6 is 34.4 Å². The van der Waals surface area contributed by atoms with Crippen LogP contribution in [0.15, 0.2) is 23.4 Å². The minimum atomic E-state index is -0.854. The van der Waals surface area contributed by atoms with Crippen LogP contribution in [0.5, 0.6) is 0 Å². The monoisotopic (exact) mass is 403 g/mol. The summed E-state index contributed by atoms with van der Waals surface area (Å²) in [4.78, 5) is 10.7. The summed E-state index contributed by atoms with van der Waals surface area (Å²) in [7, 11) is 0. The smallest absolute Gasteiger partial charge is 0.313 e. The number of hydrogen-bond acceptors (Lipinski definition) is 4. The van der Waals surface area contributed by atoms with Gasteiger partial charge in [-0.2, -0.15) is 0 Å². The van der Waals surface area contributed by atoms with Crippen LogP contribution in [0, 0.1) is 10.5 Å². The van der Waals surface area contributed by atoms with Crippen molar-refractivity contribution in [2.75, 3.05) is 5.75 Å². The molecule has 1 aromatic heterocycles. The standard InChI is InChI=1S/C13H14IN3O2S/c1-3-17-12(9-6-4-5-8(2)11(9)14)15-16-13(17)20-7-10(18)19/h4-6H,3,7H2,1-2H3,(H,18,19). The molecule has 20 heavy (non-hydrogen) atoms. The quantitative estimate of drug-likeness (QED) is 0.614. The van der Waals surface area contributed by atoms with E-state index < -0.39 is 5.97 Å². The van der Waals surface area contributed by atoms with Crippen LogP contribution in [0.25, 0.3) is 11.4 Å². The molecule has 0 fully saturated rings. The number of thioether (sulfide) groups is 1. The van der Waals surface area contributed by atoms with Crippen molar-refractivity contribution in [2.24, 2.45) is 0 Å². The lowest BCUT2D eigenvalue weighted by atomic mass is 10.1. The van der Waals surface area contributed by atoms with Crippen molar-refractivity contribution >= 4 is 40.3 Å². The molecule has 1 heterocycles. The van der Waals surface area contributed by atoms with E-state index in [0.717, 1.165) is 15.0 Å². The van der Waals surface area contributed by atoms with E-state index in [2.05, 4.69) is 45.8 Å². The first-order chi connectivity index (χ1) is 9.54. The first-order valence-corrected chi connectivity index (χ1v) is 8.14. The van der Waals surface area contributed by atoms with Crippen LogP contribution < -0.4 is 0 Å². The van der Waals surface area contributed by atoms with Gasteiger partial charge in [-0.3, -0.25) is 4.79 Å². The number of nitrogens with zero attached hydrogens (tertiary/aromatic N) is 3. The molecule has 0 spiro atoms. The molecule has 0 amide bonds. The second kappa shape index (κ2) is 6.57. The second-order valence-corrected chi connectivity index (χ2v) is 6.19. The summed E-state index contributed by atoms with van der Waals surface area (Å²) in [6.45, 7) is 4.76. The SMILES string of the molecule is CCn1c(SCC(=O)O)nnc1-c1cccc(C)c1I. The Kier molecular flexibility index (Phi) is 5.03. The molecule has 0 aliphatic carbocycles. The lowest BCUT2D eigenvalue weighted by Crippen LogP contribution is -2.04. The summed E-state index contributed by atoms with van der Waals surface area (Å²) < 4.78 is 3.09. The van der Waals surface area contributed by atoms with Crippen molar-refractivity contribution in [3.8, 4) is 11.4 Å². The van der Waals surface area contributed by atoms with Gasteiger partial charge < -0.3 is 9.67 Å². The molecule has 0 aliphatic rings. The Labute approximate surface area is 134 Å². The molecular formula is C13H14IN3O2S. The zero-order valence-electron chi connectivity index (χ0n) is 11.1. The second-order valence-electron chi connectivity index (χ2n) is 4.17. The van der Waals surface area contributed by atoms with Crippen molar-refractivity contribution in [3.05, 3.63) is 27.3 Å². The number of hydrogen-bond donors (Lipinski definition) is 1. The van der Waals surface area contributed by atoms with Gasteiger partial charge in [0.05, 0.1) is 5.75 Å². The van der Waals surface area contributed by atoms with Crippen LogP contribution in [-0.2, 0) is 11.3 Å². The molecule has 0 saturated heterocycles. The van der Waals surface area contributed by atoms with Crippen LogP contribution in [0.4, 0.5) is 0 Å². The Hall–Kier alpha value is -1.09. The fourth-order valence-electron chi connectivity index (χ4n) is 1.83. The lowest BCUT2D eigenvalue weighted by Gasteiger charge is -2.09. The molecule has 106 valence electrons. The molecule has 1 aromatic carbocycles. The Morgan fingerprint density at radius 2 is 2.20 bits per heavy atom. The van der Waals surface area contributed by atoms with Crippen molar-refractivity contribution in [1.82, 2.24) is 14.8 Å².